The van der Waals surface area contributed by atoms with Crippen molar-refractivity contribution >= 4 is 5.78 Å². The predicted molar refractivity (Wildman–Crippen MR) is 89.2 cm³/mol. The molecule has 2 aromatic rings. The molecule has 0 unspecified atom stereocenters. The number of alkyl halides is 2. The fraction of sp³-hybridized carbons (Fsp3) is 0.350. The van der Waals surface area contributed by atoms with E-state index in [9.17, 15) is 13.6 Å². The monoisotopic (exact) mass is 330 g/mol. The second kappa shape index (κ2) is 6.71. The first-order chi connectivity index (χ1) is 11.4. The zero-order valence-electron chi connectivity index (χ0n) is 13.6. The van der Waals surface area contributed by atoms with E-state index in [1.54, 1.807) is 24.3 Å². The number of halogens is 2. The fourth-order valence-corrected chi connectivity index (χ4v) is 2.98. The number of hydrogen-bond donors (Lipinski definition) is 0. The number of carbonyl (C=O) groups excluding carboxylic acids is 1. The van der Waals surface area contributed by atoms with E-state index in [-0.39, 0.29) is 37.2 Å². The third-order valence-corrected chi connectivity index (χ3v) is 4.51. The maximum absolute atomic E-state index is 14.3. The summed E-state index contributed by atoms with van der Waals surface area (Å²) < 4.78 is 33.5. The third-order valence-electron chi connectivity index (χ3n) is 4.51. The molecule has 24 heavy (non-hydrogen) atoms. The van der Waals surface area contributed by atoms with Crippen LogP contribution in [-0.4, -0.2) is 11.9 Å². The quantitative estimate of drug-likeness (QED) is 0.751. The highest BCUT2D eigenvalue weighted by molar-refractivity contribution is 5.79. The van der Waals surface area contributed by atoms with Crippen molar-refractivity contribution in [3.63, 3.8) is 0 Å². The summed E-state index contributed by atoms with van der Waals surface area (Å²) in [7, 11) is 0. The molecular weight excluding hydrogens is 310 g/mol. The number of Topliss-reactive ketones (excluding diaryl/α,β-unsaturated/α-hetero) is 1. The minimum atomic E-state index is -3.24. The van der Waals surface area contributed by atoms with Crippen molar-refractivity contribution in [2.45, 2.75) is 38.7 Å². The van der Waals surface area contributed by atoms with E-state index in [1.165, 1.54) is 5.56 Å². The van der Waals surface area contributed by atoms with Crippen LogP contribution in [0.25, 0.3) is 11.1 Å². The molecule has 0 atom stereocenters. The average molecular weight is 330 g/mol. The van der Waals surface area contributed by atoms with E-state index >= 15 is 0 Å². The van der Waals surface area contributed by atoms with Crippen LogP contribution in [0, 0.1) is 12.8 Å². The lowest BCUT2D eigenvalue weighted by atomic mass is 9.87. The molecule has 1 aliphatic rings. The molecule has 126 valence electrons. The fourth-order valence-electron chi connectivity index (χ4n) is 2.98. The van der Waals surface area contributed by atoms with Gasteiger partial charge in [-0.05, 0) is 43.0 Å². The molecule has 0 heterocycles. The highest BCUT2D eigenvalue weighted by Crippen LogP contribution is 2.37. The number of hydrogen-bond acceptors (Lipinski definition) is 2. The predicted octanol–water partition coefficient (Wildman–Crippen LogP) is 5.39. The molecule has 0 aromatic heterocycles. The Labute approximate surface area is 140 Å². The molecule has 0 radical (unpaired) electrons. The highest BCUT2D eigenvalue weighted by Gasteiger charge is 2.43. The maximum Gasteiger partial charge on any atom is 0.400 e. The molecule has 1 saturated carbocycles. The number of carbonyl (C=O) groups is 1. The smallest absolute Gasteiger partial charge is 0.400 e. The van der Waals surface area contributed by atoms with Crippen LogP contribution in [0.15, 0.2) is 48.5 Å². The number of ketones is 1. The van der Waals surface area contributed by atoms with Gasteiger partial charge >= 0.3 is 6.11 Å². The van der Waals surface area contributed by atoms with E-state index in [4.69, 9.17) is 4.74 Å². The van der Waals surface area contributed by atoms with Gasteiger partial charge in [0.05, 0.1) is 5.92 Å². The molecule has 0 bridgehead atoms. The molecule has 1 aliphatic carbocycles. The minimum Gasteiger partial charge on any atom is -0.432 e. The number of rotatable bonds is 4. The zero-order valence-corrected chi connectivity index (χ0v) is 13.6. The lowest BCUT2D eigenvalue weighted by Crippen LogP contribution is -2.37. The third kappa shape index (κ3) is 3.81. The van der Waals surface area contributed by atoms with E-state index in [0.717, 1.165) is 11.1 Å². The Kier molecular flexibility index (Phi) is 4.65. The van der Waals surface area contributed by atoms with Gasteiger partial charge in [-0.25, -0.2) is 0 Å². The largest absolute Gasteiger partial charge is 0.432 e. The Hall–Kier alpha value is -2.23. The zero-order chi connectivity index (χ0) is 17.2. The van der Waals surface area contributed by atoms with E-state index in [2.05, 4.69) is 0 Å². The first-order valence-corrected chi connectivity index (χ1v) is 8.20. The molecule has 0 aliphatic heterocycles. The number of aryl methyl sites for hydroxylation is 1. The molecule has 2 aromatic carbocycles. The van der Waals surface area contributed by atoms with Crippen LogP contribution < -0.4 is 4.74 Å². The van der Waals surface area contributed by atoms with Gasteiger partial charge < -0.3 is 4.74 Å². The van der Waals surface area contributed by atoms with Crippen molar-refractivity contribution in [3.05, 3.63) is 54.1 Å². The van der Waals surface area contributed by atoms with Crippen molar-refractivity contribution < 1.29 is 18.3 Å². The van der Waals surface area contributed by atoms with Gasteiger partial charge in [-0.15, -0.1) is 0 Å². The molecule has 0 spiro atoms. The lowest BCUT2D eigenvalue weighted by Gasteiger charge is -2.29. The van der Waals surface area contributed by atoms with Gasteiger partial charge in [0.2, 0.25) is 0 Å². The van der Waals surface area contributed by atoms with Crippen LogP contribution in [0.5, 0.6) is 5.75 Å². The van der Waals surface area contributed by atoms with Crippen molar-refractivity contribution in [2.24, 2.45) is 5.92 Å². The molecular formula is C20H20F2O2. The summed E-state index contributed by atoms with van der Waals surface area (Å²) in [5.74, 6) is -0.691. The first-order valence-electron chi connectivity index (χ1n) is 8.20. The Balaban J connectivity index is 1.69. The van der Waals surface area contributed by atoms with Gasteiger partial charge in [0.25, 0.3) is 0 Å². The van der Waals surface area contributed by atoms with Crippen molar-refractivity contribution in [2.75, 3.05) is 0 Å². The summed E-state index contributed by atoms with van der Waals surface area (Å²) in [6.45, 7) is 2.02. The van der Waals surface area contributed by atoms with Gasteiger partial charge in [0, 0.05) is 12.8 Å². The molecule has 1 fully saturated rings. The van der Waals surface area contributed by atoms with Crippen LogP contribution in [0.1, 0.15) is 31.2 Å². The highest BCUT2D eigenvalue weighted by atomic mass is 19.3. The van der Waals surface area contributed by atoms with Crippen molar-refractivity contribution in [1.82, 2.24) is 0 Å². The van der Waals surface area contributed by atoms with Gasteiger partial charge in [0.1, 0.15) is 11.5 Å². The number of benzene rings is 2. The topological polar surface area (TPSA) is 26.3 Å². The minimum absolute atomic E-state index is 0.0597. The van der Waals surface area contributed by atoms with Gasteiger partial charge in [-0.2, -0.15) is 8.78 Å². The Morgan fingerprint density at radius 2 is 1.42 bits per heavy atom. The molecule has 0 amide bonds. The molecule has 0 saturated heterocycles. The Bertz CT molecular complexity index is 695. The molecule has 4 heteroatoms. The SMILES string of the molecule is Cc1ccc(-c2ccc(OC(F)(F)C3CCC(=O)CC3)cc2)cc1. The van der Waals surface area contributed by atoms with Gasteiger partial charge in [0.15, 0.2) is 0 Å². The summed E-state index contributed by atoms with van der Waals surface area (Å²) in [4.78, 5) is 11.2. The standard InChI is InChI=1S/C20H20F2O2/c1-14-2-4-15(5-3-14)16-6-12-19(13-7-16)24-20(21,22)17-8-10-18(23)11-9-17/h2-7,12-13,17H,8-11H2,1H3. The van der Waals surface area contributed by atoms with Crippen LogP contribution in [0.3, 0.4) is 0 Å². The van der Waals surface area contributed by atoms with Crippen LogP contribution >= 0.6 is 0 Å². The summed E-state index contributed by atoms with van der Waals surface area (Å²) in [5.41, 5.74) is 3.16. The number of ether oxygens (including phenoxy) is 1. The van der Waals surface area contributed by atoms with Crippen molar-refractivity contribution in [1.29, 1.82) is 0 Å². The summed E-state index contributed by atoms with van der Waals surface area (Å²) >= 11 is 0. The molecule has 0 N–H and O–H groups in total. The lowest BCUT2D eigenvalue weighted by molar-refractivity contribution is -0.221. The van der Waals surface area contributed by atoms with E-state index in [0.29, 0.717) is 0 Å². The van der Waals surface area contributed by atoms with Gasteiger partial charge in [-0.3, -0.25) is 4.79 Å². The van der Waals surface area contributed by atoms with Crippen molar-refractivity contribution in [3.8, 4) is 16.9 Å². The second-order valence-corrected chi connectivity index (χ2v) is 6.37. The van der Waals surface area contributed by atoms with E-state index < -0.39 is 12.0 Å². The summed E-state index contributed by atoms with van der Waals surface area (Å²) in [5, 5.41) is 0. The van der Waals surface area contributed by atoms with E-state index in [1.807, 2.05) is 31.2 Å². The first kappa shape index (κ1) is 16.6. The maximum atomic E-state index is 14.3. The second-order valence-electron chi connectivity index (χ2n) is 6.37. The average Bonchev–Trinajstić information content (AvgIpc) is 2.56. The van der Waals surface area contributed by atoms with Gasteiger partial charge in [-0.1, -0.05) is 42.0 Å². The van der Waals surface area contributed by atoms with Crippen LogP contribution in [0.2, 0.25) is 0 Å². The normalized spacial score (nSPS) is 16.2. The van der Waals surface area contributed by atoms with Crippen LogP contribution in [-0.2, 0) is 4.79 Å². The Morgan fingerprint density at radius 1 is 0.917 bits per heavy atom. The van der Waals surface area contributed by atoms with Crippen LogP contribution in [0.4, 0.5) is 8.78 Å². The summed E-state index contributed by atoms with van der Waals surface area (Å²) in [6, 6.07) is 14.7. The molecule has 2 nitrogen and oxygen atoms in total. The molecule has 3 rings (SSSR count). The Morgan fingerprint density at radius 3 is 1.96 bits per heavy atom. The summed E-state index contributed by atoms with van der Waals surface area (Å²) in [6.07, 6.45) is -2.43.